The van der Waals surface area contributed by atoms with Gasteiger partial charge in [-0.3, -0.25) is 0 Å². The van der Waals surface area contributed by atoms with Crippen molar-refractivity contribution in [3.63, 3.8) is 0 Å². The Balaban J connectivity index is 2.80. The summed E-state index contributed by atoms with van der Waals surface area (Å²) in [6, 6.07) is 3.64. The maximum absolute atomic E-state index is 5.72. The van der Waals surface area contributed by atoms with E-state index in [1.54, 1.807) is 30.3 Å². The van der Waals surface area contributed by atoms with Crippen molar-refractivity contribution < 1.29 is 4.84 Å². The summed E-state index contributed by atoms with van der Waals surface area (Å²) < 4.78 is 1.58. The number of rotatable bonds is 1. The van der Waals surface area contributed by atoms with E-state index in [0.717, 1.165) is 16.7 Å². The summed E-state index contributed by atoms with van der Waals surface area (Å²) in [5.74, 6) is 0. The van der Waals surface area contributed by atoms with Crippen LogP contribution in [0, 0.1) is 0 Å². The Bertz CT molecular complexity index is 408. The molecule has 0 radical (unpaired) electrons. The largest absolute Gasteiger partial charge is 0.416 e. The van der Waals surface area contributed by atoms with Crippen LogP contribution in [0.4, 0.5) is 5.69 Å². The lowest BCUT2D eigenvalue weighted by molar-refractivity contribution is 0.177. The molecule has 0 aliphatic carbocycles. The van der Waals surface area contributed by atoms with Gasteiger partial charge in [-0.05, 0) is 12.1 Å². The molecule has 0 amide bonds. The topological polar surface area (TPSA) is 53.1 Å². The molecule has 2 rings (SSSR count). The Kier molecular flexibility index (Phi) is 1.40. The van der Waals surface area contributed by atoms with Crippen molar-refractivity contribution >= 4 is 16.7 Å². The molecular weight excluding hydrogens is 154 g/mol. The summed E-state index contributed by atoms with van der Waals surface area (Å²) >= 11 is 0. The zero-order valence-electron chi connectivity index (χ0n) is 6.69. The molecule has 4 nitrogen and oxygen atoms in total. The highest BCUT2D eigenvalue weighted by Gasteiger charge is 2.03. The number of nitrogens with two attached hydrogens (primary N) is 1. The van der Waals surface area contributed by atoms with E-state index in [-0.39, 0.29) is 0 Å². The van der Waals surface area contributed by atoms with Gasteiger partial charge in [0.05, 0.1) is 0 Å². The van der Waals surface area contributed by atoms with E-state index in [9.17, 15) is 0 Å². The number of fused-ring (bicyclic) bond motifs is 1. The molecule has 2 aromatic heterocycles. The number of aromatic nitrogens is 2. The quantitative estimate of drug-likeness (QED) is 0.672. The zero-order chi connectivity index (χ0) is 8.55. The minimum atomic E-state index is 0.718. The van der Waals surface area contributed by atoms with E-state index >= 15 is 0 Å². The Morgan fingerprint density at radius 2 is 2.33 bits per heavy atom. The Morgan fingerprint density at radius 1 is 1.50 bits per heavy atom. The minimum Gasteiger partial charge on any atom is -0.416 e. The van der Waals surface area contributed by atoms with Crippen molar-refractivity contribution in [2.75, 3.05) is 12.8 Å². The molecule has 12 heavy (non-hydrogen) atoms. The van der Waals surface area contributed by atoms with Gasteiger partial charge in [0.1, 0.15) is 7.11 Å². The molecule has 0 bridgehead atoms. The molecule has 2 N–H and O–H groups in total. The van der Waals surface area contributed by atoms with Crippen LogP contribution in [0.1, 0.15) is 0 Å². The number of nitrogen functional groups attached to an aromatic ring is 1. The van der Waals surface area contributed by atoms with Crippen LogP contribution in [-0.4, -0.2) is 16.8 Å². The Hall–Kier alpha value is -1.71. The summed E-state index contributed by atoms with van der Waals surface area (Å²) in [5.41, 5.74) is 7.18. The van der Waals surface area contributed by atoms with E-state index in [1.165, 1.54) is 0 Å². The van der Waals surface area contributed by atoms with E-state index in [1.807, 2.05) is 6.07 Å². The van der Waals surface area contributed by atoms with Crippen LogP contribution < -0.4 is 10.6 Å². The average molecular weight is 163 g/mol. The van der Waals surface area contributed by atoms with E-state index in [0.29, 0.717) is 0 Å². The van der Waals surface area contributed by atoms with Gasteiger partial charge in [-0.1, -0.05) is 0 Å². The molecule has 2 aromatic rings. The minimum absolute atomic E-state index is 0.718. The third-order valence-corrected chi connectivity index (χ3v) is 1.78. The van der Waals surface area contributed by atoms with Gasteiger partial charge in [0, 0.05) is 23.5 Å². The van der Waals surface area contributed by atoms with Crippen molar-refractivity contribution in [1.82, 2.24) is 9.71 Å². The maximum atomic E-state index is 5.72. The van der Waals surface area contributed by atoms with Crippen molar-refractivity contribution in [1.29, 1.82) is 0 Å². The molecule has 2 heterocycles. The highest BCUT2D eigenvalue weighted by atomic mass is 16.6. The third-order valence-electron chi connectivity index (χ3n) is 1.78. The number of nitrogens with zero attached hydrogens (tertiary/aromatic N) is 2. The summed E-state index contributed by atoms with van der Waals surface area (Å²) in [6.07, 6.45) is 3.45. The van der Waals surface area contributed by atoms with E-state index in [2.05, 4.69) is 4.98 Å². The van der Waals surface area contributed by atoms with Gasteiger partial charge in [-0.25, -0.2) is 4.98 Å². The molecule has 62 valence electrons. The van der Waals surface area contributed by atoms with Crippen molar-refractivity contribution in [2.24, 2.45) is 0 Å². The number of anilines is 1. The second-order valence-corrected chi connectivity index (χ2v) is 2.46. The average Bonchev–Trinajstić information content (AvgIpc) is 2.49. The van der Waals surface area contributed by atoms with Gasteiger partial charge in [0.2, 0.25) is 0 Å². The number of hydrogen-bond acceptors (Lipinski definition) is 3. The third kappa shape index (κ3) is 0.812. The van der Waals surface area contributed by atoms with Gasteiger partial charge < -0.3 is 10.6 Å². The molecule has 0 spiro atoms. The van der Waals surface area contributed by atoms with Crippen molar-refractivity contribution in [2.45, 2.75) is 0 Å². The van der Waals surface area contributed by atoms with E-state index < -0.39 is 0 Å². The van der Waals surface area contributed by atoms with Crippen molar-refractivity contribution in [3.05, 3.63) is 24.5 Å². The van der Waals surface area contributed by atoms with Gasteiger partial charge in [0.15, 0.2) is 5.65 Å². The van der Waals surface area contributed by atoms with Gasteiger partial charge in [-0.2, -0.15) is 4.73 Å². The molecule has 0 aliphatic rings. The molecule has 0 fully saturated rings. The molecule has 0 aromatic carbocycles. The van der Waals surface area contributed by atoms with Crippen LogP contribution in [-0.2, 0) is 0 Å². The molecule has 0 saturated heterocycles. The van der Waals surface area contributed by atoms with Crippen LogP contribution in [0.2, 0.25) is 0 Å². The normalized spacial score (nSPS) is 10.4. The first kappa shape index (κ1) is 6.97. The highest BCUT2D eigenvalue weighted by molar-refractivity contribution is 5.87. The summed E-state index contributed by atoms with van der Waals surface area (Å²) in [4.78, 5) is 9.15. The van der Waals surface area contributed by atoms with Crippen molar-refractivity contribution in [3.8, 4) is 0 Å². The van der Waals surface area contributed by atoms with Crippen LogP contribution in [0.25, 0.3) is 11.0 Å². The lowest BCUT2D eigenvalue weighted by Gasteiger charge is -2.00. The van der Waals surface area contributed by atoms with Crippen LogP contribution in [0.5, 0.6) is 0 Å². The Labute approximate surface area is 69.5 Å². The SMILES string of the molecule is COn1ccc2c(N)ccnc21. The predicted octanol–water partition coefficient (Wildman–Crippen LogP) is 0.677. The summed E-state index contributed by atoms with van der Waals surface area (Å²) in [5, 5.41) is 0.916. The number of pyridine rings is 1. The van der Waals surface area contributed by atoms with Crippen LogP contribution >= 0.6 is 0 Å². The Morgan fingerprint density at radius 3 is 3.08 bits per heavy atom. The second-order valence-electron chi connectivity index (χ2n) is 2.46. The van der Waals surface area contributed by atoms with E-state index in [4.69, 9.17) is 10.6 Å². The summed E-state index contributed by atoms with van der Waals surface area (Å²) in [6.45, 7) is 0. The van der Waals surface area contributed by atoms with Crippen LogP contribution in [0.3, 0.4) is 0 Å². The van der Waals surface area contributed by atoms with Crippen LogP contribution in [0.15, 0.2) is 24.5 Å². The number of hydrogen-bond donors (Lipinski definition) is 1. The molecule has 4 heteroatoms. The molecular formula is C8H9N3O. The molecule has 0 aliphatic heterocycles. The lowest BCUT2D eigenvalue weighted by atomic mass is 10.3. The standard InChI is InChI=1S/C8H9N3O/c1-12-11-5-3-6-7(9)2-4-10-8(6)11/h2-5H,1H3,(H2,9,10). The van der Waals surface area contributed by atoms with Gasteiger partial charge in [-0.15, -0.1) is 0 Å². The predicted molar refractivity (Wildman–Crippen MR) is 46.6 cm³/mol. The van der Waals surface area contributed by atoms with Gasteiger partial charge in [0.25, 0.3) is 0 Å². The lowest BCUT2D eigenvalue weighted by Crippen LogP contribution is -2.04. The van der Waals surface area contributed by atoms with Gasteiger partial charge >= 0.3 is 0 Å². The smallest absolute Gasteiger partial charge is 0.177 e. The highest BCUT2D eigenvalue weighted by Crippen LogP contribution is 2.18. The fourth-order valence-corrected chi connectivity index (χ4v) is 1.18. The molecule has 0 saturated carbocycles. The first-order valence-corrected chi connectivity index (χ1v) is 3.59. The second kappa shape index (κ2) is 2.41. The monoisotopic (exact) mass is 163 g/mol. The summed E-state index contributed by atoms with van der Waals surface area (Å²) in [7, 11) is 1.59. The fourth-order valence-electron chi connectivity index (χ4n) is 1.18. The fraction of sp³-hybridized carbons (Fsp3) is 0.125. The molecule has 0 atom stereocenters. The first-order valence-electron chi connectivity index (χ1n) is 3.59. The molecule has 0 unspecified atom stereocenters. The zero-order valence-corrected chi connectivity index (χ0v) is 6.69. The first-order chi connectivity index (χ1) is 5.83. The maximum Gasteiger partial charge on any atom is 0.177 e.